The van der Waals surface area contributed by atoms with E-state index in [9.17, 15) is 12.8 Å². The summed E-state index contributed by atoms with van der Waals surface area (Å²) in [4.78, 5) is 0.720. The fourth-order valence-electron chi connectivity index (χ4n) is 1.93. The maximum absolute atomic E-state index is 13.9. The molecule has 2 aromatic carbocycles. The molecule has 0 bridgehead atoms. The number of hydrogen-bond donors (Lipinski definition) is 0. The van der Waals surface area contributed by atoms with Gasteiger partial charge in [-0.3, -0.25) is 0 Å². The summed E-state index contributed by atoms with van der Waals surface area (Å²) in [6.45, 7) is 0.166. The summed E-state index contributed by atoms with van der Waals surface area (Å²) < 4.78 is 39.8. The maximum Gasteiger partial charge on any atom is 0.246 e. The van der Waals surface area contributed by atoms with Gasteiger partial charge in [-0.1, -0.05) is 23.7 Å². The average molecular weight is 360 g/mol. The Hall–Kier alpha value is -1.08. The number of thioether (sulfide) groups is 1. The van der Waals surface area contributed by atoms with Crippen LogP contribution in [0.25, 0.3) is 0 Å². The van der Waals surface area contributed by atoms with E-state index in [1.807, 2.05) is 30.5 Å². The van der Waals surface area contributed by atoms with Crippen molar-refractivity contribution in [3.05, 3.63) is 58.9 Å². The molecule has 2 aromatic rings. The molecule has 22 heavy (non-hydrogen) atoms. The van der Waals surface area contributed by atoms with E-state index in [1.54, 1.807) is 11.8 Å². The van der Waals surface area contributed by atoms with E-state index in [2.05, 4.69) is 0 Å². The molecule has 0 N–H and O–H groups in total. The van der Waals surface area contributed by atoms with Gasteiger partial charge < -0.3 is 0 Å². The largest absolute Gasteiger partial charge is 0.246 e. The van der Waals surface area contributed by atoms with Gasteiger partial charge in [0, 0.05) is 23.5 Å². The van der Waals surface area contributed by atoms with Gasteiger partial charge in [-0.25, -0.2) is 12.8 Å². The second kappa shape index (κ2) is 7.00. The van der Waals surface area contributed by atoms with Gasteiger partial charge in [0.05, 0.1) is 0 Å². The first-order valence-electron chi connectivity index (χ1n) is 6.39. The van der Waals surface area contributed by atoms with Gasteiger partial charge in [-0.05, 0) is 42.2 Å². The van der Waals surface area contributed by atoms with E-state index >= 15 is 0 Å². The Kier molecular flexibility index (Phi) is 5.50. The average Bonchev–Trinajstić information content (AvgIpc) is 2.47. The molecule has 0 radical (unpaired) electrons. The van der Waals surface area contributed by atoms with Gasteiger partial charge in [0.2, 0.25) is 10.0 Å². The lowest BCUT2D eigenvalue weighted by atomic mass is 10.2. The highest BCUT2D eigenvalue weighted by Gasteiger charge is 2.24. The summed E-state index contributed by atoms with van der Waals surface area (Å²) in [5.41, 5.74) is 0.832. The van der Waals surface area contributed by atoms with Crippen LogP contribution in [0.5, 0.6) is 0 Å². The standard InChI is InChI=1S/C15H15ClFNO2S2/c1-18(10-11-3-6-13(21-2)7-4-11)22(19,20)15-8-5-12(16)9-14(15)17/h3-9H,10H2,1-2H3. The van der Waals surface area contributed by atoms with Crippen molar-refractivity contribution in [3.63, 3.8) is 0 Å². The van der Waals surface area contributed by atoms with Crippen LogP contribution in [0.1, 0.15) is 5.56 Å². The summed E-state index contributed by atoms with van der Waals surface area (Å²) in [7, 11) is -2.48. The van der Waals surface area contributed by atoms with Crippen LogP contribution in [-0.4, -0.2) is 26.0 Å². The Morgan fingerprint density at radius 3 is 2.36 bits per heavy atom. The molecular formula is C15H15ClFNO2S2. The van der Waals surface area contributed by atoms with Crippen LogP contribution in [0.15, 0.2) is 52.3 Å². The van der Waals surface area contributed by atoms with Crippen molar-refractivity contribution in [2.24, 2.45) is 0 Å². The highest BCUT2D eigenvalue weighted by molar-refractivity contribution is 7.98. The Morgan fingerprint density at radius 2 is 1.82 bits per heavy atom. The van der Waals surface area contributed by atoms with E-state index in [1.165, 1.54) is 19.2 Å². The topological polar surface area (TPSA) is 37.4 Å². The molecule has 0 aliphatic carbocycles. The van der Waals surface area contributed by atoms with Crippen molar-refractivity contribution in [2.45, 2.75) is 16.3 Å². The lowest BCUT2D eigenvalue weighted by Gasteiger charge is -2.18. The predicted octanol–water partition coefficient (Wildman–Crippen LogP) is 4.02. The first-order valence-corrected chi connectivity index (χ1v) is 9.43. The molecule has 118 valence electrons. The first-order chi connectivity index (χ1) is 10.3. The number of hydrogen-bond acceptors (Lipinski definition) is 3. The fourth-order valence-corrected chi connectivity index (χ4v) is 3.69. The normalized spacial score (nSPS) is 11.9. The van der Waals surface area contributed by atoms with Crippen molar-refractivity contribution < 1.29 is 12.8 Å². The lowest BCUT2D eigenvalue weighted by molar-refractivity contribution is 0.460. The molecule has 0 unspecified atom stereocenters. The van der Waals surface area contributed by atoms with E-state index in [-0.39, 0.29) is 16.5 Å². The molecule has 0 aliphatic heterocycles. The van der Waals surface area contributed by atoms with Crippen molar-refractivity contribution >= 4 is 33.4 Å². The fraction of sp³-hybridized carbons (Fsp3) is 0.200. The molecule has 0 aromatic heterocycles. The molecule has 0 spiro atoms. The molecule has 0 amide bonds. The Labute approximate surface area is 139 Å². The second-order valence-corrected chi connectivity index (χ2v) is 8.01. The Balaban J connectivity index is 2.24. The number of rotatable bonds is 5. The maximum atomic E-state index is 13.9. The van der Waals surface area contributed by atoms with Crippen molar-refractivity contribution in [3.8, 4) is 0 Å². The number of benzene rings is 2. The van der Waals surface area contributed by atoms with E-state index in [0.717, 1.165) is 20.8 Å². The molecule has 2 rings (SSSR count). The van der Waals surface area contributed by atoms with Crippen LogP contribution in [-0.2, 0) is 16.6 Å². The number of sulfonamides is 1. The molecular weight excluding hydrogens is 345 g/mol. The lowest BCUT2D eigenvalue weighted by Crippen LogP contribution is -2.27. The van der Waals surface area contributed by atoms with Crippen molar-refractivity contribution in [1.29, 1.82) is 0 Å². The Morgan fingerprint density at radius 1 is 1.18 bits per heavy atom. The zero-order chi connectivity index (χ0) is 16.3. The third kappa shape index (κ3) is 3.81. The highest BCUT2D eigenvalue weighted by atomic mass is 35.5. The van der Waals surface area contributed by atoms with E-state index in [4.69, 9.17) is 11.6 Å². The van der Waals surface area contributed by atoms with Crippen molar-refractivity contribution in [2.75, 3.05) is 13.3 Å². The van der Waals surface area contributed by atoms with E-state index in [0.29, 0.717) is 0 Å². The number of halogens is 2. The second-order valence-electron chi connectivity index (χ2n) is 4.68. The Bertz CT molecular complexity index is 764. The van der Waals surface area contributed by atoms with Crippen LogP contribution in [0.4, 0.5) is 4.39 Å². The van der Waals surface area contributed by atoms with Crippen LogP contribution in [0.3, 0.4) is 0 Å². The quantitative estimate of drug-likeness (QED) is 0.756. The predicted molar refractivity (Wildman–Crippen MR) is 88.3 cm³/mol. The van der Waals surface area contributed by atoms with E-state index < -0.39 is 15.8 Å². The SMILES string of the molecule is CSc1ccc(CN(C)S(=O)(=O)c2ccc(Cl)cc2F)cc1. The molecule has 0 atom stereocenters. The minimum atomic E-state index is -3.91. The third-order valence-electron chi connectivity index (χ3n) is 3.15. The monoisotopic (exact) mass is 359 g/mol. The minimum absolute atomic E-state index is 0.159. The zero-order valence-electron chi connectivity index (χ0n) is 12.1. The van der Waals surface area contributed by atoms with Crippen LogP contribution in [0, 0.1) is 5.82 Å². The van der Waals surface area contributed by atoms with Crippen LogP contribution in [0.2, 0.25) is 5.02 Å². The van der Waals surface area contributed by atoms with Crippen molar-refractivity contribution in [1.82, 2.24) is 4.31 Å². The number of nitrogens with zero attached hydrogens (tertiary/aromatic N) is 1. The minimum Gasteiger partial charge on any atom is -0.207 e. The summed E-state index contributed by atoms with van der Waals surface area (Å²) in [6.07, 6.45) is 1.97. The zero-order valence-corrected chi connectivity index (χ0v) is 14.5. The van der Waals surface area contributed by atoms with Crippen LogP contribution >= 0.6 is 23.4 Å². The summed E-state index contributed by atoms with van der Waals surface area (Å²) in [5.74, 6) is -0.850. The molecule has 0 saturated carbocycles. The molecule has 0 aliphatic rings. The van der Waals surface area contributed by atoms with Crippen LogP contribution < -0.4 is 0 Å². The summed E-state index contributed by atoms with van der Waals surface area (Å²) in [6, 6.07) is 11.1. The molecule has 3 nitrogen and oxygen atoms in total. The molecule has 0 fully saturated rings. The molecule has 7 heteroatoms. The summed E-state index contributed by atoms with van der Waals surface area (Å²) >= 11 is 7.26. The molecule has 0 heterocycles. The summed E-state index contributed by atoms with van der Waals surface area (Å²) in [5, 5.41) is 0.159. The van der Waals surface area contributed by atoms with Gasteiger partial charge in [0.15, 0.2) is 0 Å². The van der Waals surface area contributed by atoms with Gasteiger partial charge in [-0.2, -0.15) is 4.31 Å². The van der Waals surface area contributed by atoms with Gasteiger partial charge >= 0.3 is 0 Å². The highest BCUT2D eigenvalue weighted by Crippen LogP contribution is 2.23. The first kappa shape index (κ1) is 17.3. The third-order valence-corrected chi connectivity index (χ3v) is 5.96. The molecule has 0 saturated heterocycles. The van der Waals surface area contributed by atoms with Gasteiger partial charge in [-0.15, -0.1) is 11.8 Å². The van der Waals surface area contributed by atoms with Gasteiger partial charge in [0.1, 0.15) is 10.7 Å². The smallest absolute Gasteiger partial charge is 0.207 e. The van der Waals surface area contributed by atoms with Gasteiger partial charge in [0.25, 0.3) is 0 Å².